The van der Waals surface area contributed by atoms with Crippen LogP contribution in [0.3, 0.4) is 0 Å². The first-order chi connectivity index (χ1) is 9.59. The highest BCUT2D eigenvalue weighted by Crippen LogP contribution is 2.26. The monoisotopic (exact) mass is 295 g/mol. The smallest absolute Gasteiger partial charge is 0.223 e. The van der Waals surface area contributed by atoms with E-state index >= 15 is 0 Å². The van der Waals surface area contributed by atoms with E-state index in [1.807, 2.05) is 18.4 Å². The summed E-state index contributed by atoms with van der Waals surface area (Å²) >= 11 is 1.69. The van der Waals surface area contributed by atoms with Crippen molar-refractivity contribution in [2.45, 2.75) is 57.5 Å². The van der Waals surface area contributed by atoms with E-state index in [-0.39, 0.29) is 11.8 Å². The highest BCUT2D eigenvalue weighted by atomic mass is 32.1. The van der Waals surface area contributed by atoms with Gasteiger partial charge in [-0.25, -0.2) is 0 Å². The summed E-state index contributed by atoms with van der Waals surface area (Å²) in [5.41, 5.74) is -0.686. The molecule has 0 radical (unpaired) electrons. The molecule has 1 aliphatic rings. The van der Waals surface area contributed by atoms with E-state index in [1.165, 1.54) is 17.7 Å². The molecule has 1 amide bonds. The average Bonchev–Trinajstić information content (AvgIpc) is 2.83. The molecular weight excluding hydrogens is 270 g/mol. The fourth-order valence-electron chi connectivity index (χ4n) is 2.81. The van der Waals surface area contributed by atoms with Crippen LogP contribution in [-0.4, -0.2) is 23.2 Å². The number of hydrogen-bond acceptors (Lipinski definition) is 3. The maximum atomic E-state index is 12.1. The van der Waals surface area contributed by atoms with Crippen LogP contribution in [0.5, 0.6) is 0 Å². The topological polar surface area (TPSA) is 49.3 Å². The number of carbonyl (C=O) groups is 1. The van der Waals surface area contributed by atoms with Crippen LogP contribution in [0, 0.1) is 5.92 Å². The van der Waals surface area contributed by atoms with Gasteiger partial charge < -0.3 is 10.4 Å². The van der Waals surface area contributed by atoms with Crippen molar-refractivity contribution in [2.24, 2.45) is 5.92 Å². The SMILES string of the molecule is CC(Cc1cccs1)C(=O)NCC1(O)CCCCCC1. The fraction of sp³-hybridized carbons (Fsp3) is 0.688. The van der Waals surface area contributed by atoms with Crippen LogP contribution >= 0.6 is 11.3 Å². The standard InChI is InChI=1S/C16H25NO2S/c1-13(11-14-7-6-10-20-14)15(18)17-12-16(19)8-4-2-3-5-9-16/h6-7,10,13,19H,2-5,8-9,11-12H2,1H3,(H,17,18). The summed E-state index contributed by atoms with van der Waals surface area (Å²) in [4.78, 5) is 13.4. The van der Waals surface area contributed by atoms with Crippen molar-refractivity contribution in [1.29, 1.82) is 0 Å². The van der Waals surface area contributed by atoms with Gasteiger partial charge in [0.15, 0.2) is 0 Å². The minimum atomic E-state index is -0.686. The lowest BCUT2D eigenvalue weighted by molar-refractivity contribution is -0.125. The van der Waals surface area contributed by atoms with Crippen LogP contribution in [-0.2, 0) is 11.2 Å². The summed E-state index contributed by atoms with van der Waals surface area (Å²) in [7, 11) is 0. The van der Waals surface area contributed by atoms with Crippen LogP contribution in [0.25, 0.3) is 0 Å². The molecule has 1 saturated carbocycles. The lowest BCUT2D eigenvalue weighted by atomic mass is 9.94. The normalized spacial score (nSPS) is 20.1. The molecule has 1 atom stereocenters. The van der Waals surface area contributed by atoms with Crippen molar-refractivity contribution in [2.75, 3.05) is 6.54 Å². The quantitative estimate of drug-likeness (QED) is 0.820. The third-order valence-corrected chi connectivity index (χ3v) is 5.06. The molecule has 1 aliphatic carbocycles. The maximum absolute atomic E-state index is 12.1. The second-order valence-electron chi connectivity index (χ2n) is 6.04. The van der Waals surface area contributed by atoms with Gasteiger partial charge in [0, 0.05) is 17.3 Å². The Hall–Kier alpha value is -0.870. The Morgan fingerprint density at radius 1 is 1.40 bits per heavy atom. The third-order valence-electron chi connectivity index (χ3n) is 4.16. The van der Waals surface area contributed by atoms with Gasteiger partial charge in [-0.3, -0.25) is 4.79 Å². The van der Waals surface area contributed by atoms with Gasteiger partial charge in [0.05, 0.1) is 5.60 Å². The van der Waals surface area contributed by atoms with E-state index in [2.05, 4.69) is 11.4 Å². The zero-order valence-corrected chi connectivity index (χ0v) is 13.0. The molecule has 0 saturated heterocycles. The Balaban J connectivity index is 1.78. The van der Waals surface area contributed by atoms with E-state index in [1.54, 1.807) is 11.3 Å². The van der Waals surface area contributed by atoms with E-state index < -0.39 is 5.60 Å². The molecule has 4 heteroatoms. The van der Waals surface area contributed by atoms with Crippen LogP contribution in [0.15, 0.2) is 17.5 Å². The van der Waals surface area contributed by atoms with Gasteiger partial charge >= 0.3 is 0 Å². The summed E-state index contributed by atoms with van der Waals surface area (Å²) < 4.78 is 0. The average molecular weight is 295 g/mol. The number of carbonyl (C=O) groups excluding carboxylic acids is 1. The largest absolute Gasteiger partial charge is 0.388 e. The number of rotatable bonds is 5. The molecule has 112 valence electrons. The predicted octanol–water partition coefficient (Wildman–Crippen LogP) is 3.13. The molecule has 1 unspecified atom stereocenters. The van der Waals surface area contributed by atoms with Gasteiger partial charge in [-0.05, 0) is 30.7 Å². The van der Waals surface area contributed by atoms with Gasteiger partial charge in [0.25, 0.3) is 0 Å². The molecule has 2 rings (SSSR count). The van der Waals surface area contributed by atoms with Gasteiger partial charge in [-0.1, -0.05) is 38.7 Å². The molecule has 0 aromatic carbocycles. The molecule has 0 aliphatic heterocycles. The first kappa shape index (κ1) is 15.5. The lowest BCUT2D eigenvalue weighted by Gasteiger charge is -2.27. The predicted molar refractivity (Wildman–Crippen MR) is 82.8 cm³/mol. The zero-order chi connectivity index (χ0) is 14.4. The molecule has 1 aromatic heterocycles. The number of amides is 1. The number of hydrogen-bond donors (Lipinski definition) is 2. The molecular formula is C16H25NO2S. The first-order valence-corrected chi connectivity index (χ1v) is 8.49. The summed E-state index contributed by atoms with van der Waals surface area (Å²) in [6.07, 6.45) is 6.94. The lowest BCUT2D eigenvalue weighted by Crippen LogP contribution is -2.44. The van der Waals surface area contributed by atoms with E-state index in [0.717, 1.165) is 32.1 Å². The fourth-order valence-corrected chi connectivity index (χ4v) is 3.65. The van der Waals surface area contributed by atoms with Crippen molar-refractivity contribution in [3.63, 3.8) is 0 Å². The van der Waals surface area contributed by atoms with Crippen molar-refractivity contribution in [3.8, 4) is 0 Å². The summed E-state index contributed by atoms with van der Waals surface area (Å²) in [6, 6.07) is 4.08. The second-order valence-corrected chi connectivity index (χ2v) is 7.07. The molecule has 0 spiro atoms. The van der Waals surface area contributed by atoms with Crippen LogP contribution in [0.1, 0.15) is 50.3 Å². The van der Waals surface area contributed by atoms with Crippen molar-refractivity contribution in [3.05, 3.63) is 22.4 Å². The molecule has 2 N–H and O–H groups in total. The van der Waals surface area contributed by atoms with E-state index in [0.29, 0.717) is 6.54 Å². The van der Waals surface area contributed by atoms with Crippen molar-refractivity contribution in [1.82, 2.24) is 5.32 Å². The van der Waals surface area contributed by atoms with Crippen LogP contribution in [0.4, 0.5) is 0 Å². The summed E-state index contributed by atoms with van der Waals surface area (Å²) in [5.74, 6) is 0.0131. The number of thiophene rings is 1. The highest BCUT2D eigenvalue weighted by molar-refractivity contribution is 7.09. The van der Waals surface area contributed by atoms with Crippen molar-refractivity contribution < 1.29 is 9.90 Å². The van der Waals surface area contributed by atoms with Gasteiger partial charge in [0.1, 0.15) is 0 Å². The molecule has 1 fully saturated rings. The van der Waals surface area contributed by atoms with E-state index in [9.17, 15) is 9.90 Å². The molecule has 3 nitrogen and oxygen atoms in total. The maximum Gasteiger partial charge on any atom is 0.223 e. The Bertz CT molecular complexity index is 408. The minimum absolute atomic E-state index is 0.0389. The molecule has 1 heterocycles. The van der Waals surface area contributed by atoms with Crippen molar-refractivity contribution >= 4 is 17.2 Å². The summed E-state index contributed by atoms with van der Waals surface area (Å²) in [5, 5.41) is 15.5. The van der Waals surface area contributed by atoms with Crippen LogP contribution < -0.4 is 5.32 Å². The van der Waals surface area contributed by atoms with Gasteiger partial charge in [-0.2, -0.15) is 0 Å². The first-order valence-electron chi connectivity index (χ1n) is 7.61. The third kappa shape index (κ3) is 4.60. The van der Waals surface area contributed by atoms with Gasteiger partial charge in [-0.15, -0.1) is 11.3 Å². The molecule has 20 heavy (non-hydrogen) atoms. The van der Waals surface area contributed by atoms with E-state index in [4.69, 9.17) is 0 Å². The molecule has 0 bridgehead atoms. The van der Waals surface area contributed by atoms with Gasteiger partial charge in [0.2, 0.25) is 5.91 Å². The number of aliphatic hydroxyl groups is 1. The Kier molecular flexibility index (Phi) is 5.61. The Morgan fingerprint density at radius 3 is 2.70 bits per heavy atom. The Morgan fingerprint density at radius 2 is 2.10 bits per heavy atom. The minimum Gasteiger partial charge on any atom is -0.388 e. The summed E-state index contributed by atoms with van der Waals surface area (Å²) in [6.45, 7) is 2.35. The zero-order valence-electron chi connectivity index (χ0n) is 12.2. The highest BCUT2D eigenvalue weighted by Gasteiger charge is 2.29. The molecule has 1 aromatic rings. The Labute approximate surface area is 125 Å². The number of nitrogens with one attached hydrogen (secondary N) is 1. The van der Waals surface area contributed by atoms with Crippen LogP contribution in [0.2, 0.25) is 0 Å². The second kappa shape index (κ2) is 7.23.